The van der Waals surface area contributed by atoms with Gasteiger partial charge in [-0.15, -0.1) is 0 Å². The zero-order chi connectivity index (χ0) is 23.6. The number of aromatic nitrogens is 2. The Kier molecular flexibility index (Phi) is 6.49. The molecule has 0 spiro atoms. The van der Waals surface area contributed by atoms with Crippen LogP contribution in [-0.2, 0) is 11.0 Å². The quantitative estimate of drug-likeness (QED) is 0.451. The first-order valence-corrected chi connectivity index (χ1v) is 10.7. The van der Waals surface area contributed by atoms with Crippen LogP contribution < -0.4 is 0 Å². The van der Waals surface area contributed by atoms with Crippen molar-refractivity contribution in [3.8, 4) is 11.4 Å². The predicted molar refractivity (Wildman–Crippen MR) is 113 cm³/mol. The number of rotatable bonds is 5. The molecular weight excluding hydrogens is 438 g/mol. The average Bonchev–Trinajstić information content (AvgIpc) is 3.29. The lowest BCUT2D eigenvalue weighted by molar-refractivity contribution is -0.137. The number of benzene rings is 2. The number of piperidine rings is 1. The van der Waals surface area contributed by atoms with Gasteiger partial charge < -0.3 is 9.42 Å². The number of carbonyl (C=O) groups excluding carboxylic acids is 1. The summed E-state index contributed by atoms with van der Waals surface area (Å²) < 4.78 is 57.2. The minimum absolute atomic E-state index is 0.0723. The summed E-state index contributed by atoms with van der Waals surface area (Å²) >= 11 is 0. The number of alkyl halides is 3. The van der Waals surface area contributed by atoms with Crippen LogP contribution in [0.4, 0.5) is 17.6 Å². The van der Waals surface area contributed by atoms with Gasteiger partial charge in [0.25, 0.3) is 0 Å². The van der Waals surface area contributed by atoms with Gasteiger partial charge in [-0.25, -0.2) is 4.39 Å². The Bertz CT molecular complexity index is 1110. The fraction of sp³-hybridized carbons (Fsp3) is 0.375. The maximum absolute atomic E-state index is 13.5. The summed E-state index contributed by atoms with van der Waals surface area (Å²) in [6.07, 6.45) is -2.65. The lowest BCUT2D eigenvalue weighted by Gasteiger charge is -2.31. The van der Waals surface area contributed by atoms with E-state index in [9.17, 15) is 22.4 Å². The van der Waals surface area contributed by atoms with E-state index in [4.69, 9.17) is 4.52 Å². The van der Waals surface area contributed by atoms with Gasteiger partial charge in [0.1, 0.15) is 5.82 Å². The summed E-state index contributed by atoms with van der Waals surface area (Å²) in [4.78, 5) is 19.0. The molecule has 0 N–H and O–H groups in total. The molecule has 1 fully saturated rings. The van der Waals surface area contributed by atoms with Gasteiger partial charge in [-0.1, -0.05) is 36.3 Å². The number of carbonyl (C=O) groups is 1. The Balaban J connectivity index is 1.38. The van der Waals surface area contributed by atoms with Crippen molar-refractivity contribution in [3.05, 3.63) is 71.4 Å². The standard InChI is InChI=1S/C24H23F4N3O2/c1-15(16-7-9-19(10-8-16)24(26,27)28)12-21(32)31-11-3-5-18(14-31)23-29-22(30-33-23)17-4-2-6-20(25)13-17/h2,4,6-10,13,15,18H,3,5,11-12,14H2,1H3. The lowest BCUT2D eigenvalue weighted by Crippen LogP contribution is -2.39. The van der Waals surface area contributed by atoms with Crippen molar-refractivity contribution in [2.45, 2.75) is 44.2 Å². The highest BCUT2D eigenvalue weighted by atomic mass is 19.4. The van der Waals surface area contributed by atoms with E-state index in [-0.39, 0.29) is 24.2 Å². The van der Waals surface area contributed by atoms with Gasteiger partial charge in [-0.3, -0.25) is 4.79 Å². The van der Waals surface area contributed by atoms with Crippen molar-refractivity contribution in [2.75, 3.05) is 13.1 Å². The molecule has 9 heteroatoms. The van der Waals surface area contributed by atoms with Crippen molar-refractivity contribution < 1.29 is 26.9 Å². The molecule has 2 heterocycles. The third-order valence-electron chi connectivity index (χ3n) is 5.94. The molecule has 1 aliphatic rings. The van der Waals surface area contributed by atoms with Gasteiger partial charge in [-0.05, 0) is 48.6 Å². The molecule has 1 saturated heterocycles. The van der Waals surface area contributed by atoms with Crippen LogP contribution in [0.1, 0.15) is 55.0 Å². The number of nitrogens with zero attached hydrogens (tertiary/aromatic N) is 3. The molecule has 3 aromatic rings. The Hall–Kier alpha value is -3.23. The van der Waals surface area contributed by atoms with Crippen molar-refractivity contribution in [1.29, 1.82) is 0 Å². The average molecular weight is 461 g/mol. The van der Waals surface area contributed by atoms with E-state index in [0.717, 1.165) is 25.0 Å². The highest BCUT2D eigenvalue weighted by Gasteiger charge is 2.31. The van der Waals surface area contributed by atoms with Crippen LogP contribution in [0.5, 0.6) is 0 Å². The second-order valence-electron chi connectivity index (χ2n) is 8.37. The van der Waals surface area contributed by atoms with Crippen LogP contribution in [-0.4, -0.2) is 34.0 Å². The van der Waals surface area contributed by atoms with Gasteiger partial charge in [-0.2, -0.15) is 18.2 Å². The summed E-state index contributed by atoms with van der Waals surface area (Å²) in [7, 11) is 0. The molecule has 4 rings (SSSR count). The third kappa shape index (κ3) is 5.40. The van der Waals surface area contributed by atoms with Gasteiger partial charge in [0.15, 0.2) is 0 Å². The van der Waals surface area contributed by atoms with Crippen LogP contribution in [0.25, 0.3) is 11.4 Å². The van der Waals surface area contributed by atoms with Crippen LogP contribution in [0, 0.1) is 5.82 Å². The molecule has 2 aromatic carbocycles. The van der Waals surface area contributed by atoms with E-state index in [0.29, 0.717) is 35.9 Å². The van der Waals surface area contributed by atoms with E-state index in [2.05, 4.69) is 10.1 Å². The summed E-state index contributed by atoms with van der Waals surface area (Å²) in [6.45, 7) is 2.84. The number of amides is 1. The first kappa shape index (κ1) is 22.9. The van der Waals surface area contributed by atoms with E-state index >= 15 is 0 Å². The Morgan fingerprint density at radius 3 is 2.67 bits per heavy atom. The summed E-state index contributed by atoms with van der Waals surface area (Å²) in [6, 6.07) is 10.8. The summed E-state index contributed by atoms with van der Waals surface area (Å²) in [5.74, 6) is -0.110. The molecular formula is C24H23F4N3O2. The monoisotopic (exact) mass is 461 g/mol. The molecule has 1 aromatic heterocycles. The molecule has 33 heavy (non-hydrogen) atoms. The summed E-state index contributed by atoms with van der Waals surface area (Å²) in [5.41, 5.74) is 0.487. The fourth-order valence-corrected chi connectivity index (χ4v) is 4.06. The maximum atomic E-state index is 13.5. The minimum Gasteiger partial charge on any atom is -0.342 e. The molecule has 0 saturated carbocycles. The molecule has 5 nitrogen and oxygen atoms in total. The topological polar surface area (TPSA) is 59.2 Å². The van der Waals surface area contributed by atoms with E-state index in [1.165, 1.54) is 24.3 Å². The number of halogens is 4. The predicted octanol–water partition coefficient (Wildman–Crippen LogP) is 5.79. The van der Waals surface area contributed by atoms with Crippen LogP contribution in [0.15, 0.2) is 53.1 Å². The molecule has 0 bridgehead atoms. The smallest absolute Gasteiger partial charge is 0.342 e. The Morgan fingerprint density at radius 2 is 1.97 bits per heavy atom. The van der Waals surface area contributed by atoms with Gasteiger partial charge in [0.05, 0.1) is 11.5 Å². The van der Waals surface area contributed by atoms with E-state index in [1.54, 1.807) is 17.0 Å². The molecule has 2 atom stereocenters. The van der Waals surface area contributed by atoms with Crippen molar-refractivity contribution in [3.63, 3.8) is 0 Å². The SMILES string of the molecule is CC(CC(=O)N1CCCC(c2nc(-c3cccc(F)c3)no2)C1)c1ccc(C(F)(F)F)cc1. The normalized spacial score (nSPS) is 17.7. The number of likely N-dealkylation sites (tertiary alicyclic amines) is 1. The Labute approximate surface area is 188 Å². The molecule has 1 amide bonds. The first-order chi connectivity index (χ1) is 15.7. The summed E-state index contributed by atoms with van der Waals surface area (Å²) in [5, 5.41) is 3.95. The molecule has 0 aliphatic carbocycles. The highest BCUT2D eigenvalue weighted by Crippen LogP contribution is 2.32. The third-order valence-corrected chi connectivity index (χ3v) is 5.94. The number of hydrogen-bond donors (Lipinski definition) is 0. The van der Waals surface area contributed by atoms with Gasteiger partial charge in [0.2, 0.25) is 17.6 Å². The van der Waals surface area contributed by atoms with Crippen LogP contribution in [0.2, 0.25) is 0 Å². The minimum atomic E-state index is -4.39. The van der Waals surface area contributed by atoms with E-state index < -0.39 is 17.6 Å². The number of hydrogen-bond acceptors (Lipinski definition) is 4. The second kappa shape index (κ2) is 9.33. The first-order valence-electron chi connectivity index (χ1n) is 10.7. The molecule has 0 radical (unpaired) electrons. The van der Waals surface area contributed by atoms with Gasteiger partial charge >= 0.3 is 6.18 Å². The van der Waals surface area contributed by atoms with Crippen LogP contribution in [0.3, 0.4) is 0 Å². The zero-order valence-corrected chi connectivity index (χ0v) is 18.0. The molecule has 174 valence electrons. The van der Waals surface area contributed by atoms with Gasteiger partial charge in [0, 0.05) is 25.1 Å². The second-order valence-corrected chi connectivity index (χ2v) is 8.37. The molecule has 1 aliphatic heterocycles. The van der Waals surface area contributed by atoms with Crippen molar-refractivity contribution in [1.82, 2.24) is 15.0 Å². The van der Waals surface area contributed by atoms with Crippen molar-refractivity contribution >= 4 is 5.91 Å². The highest BCUT2D eigenvalue weighted by molar-refractivity contribution is 5.77. The fourth-order valence-electron chi connectivity index (χ4n) is 4.06. The van der Waals surface area contributed by atoms with Crippen molar-refractivity contribution in [2.24, 2.45) is 0 Å². The maximum Gasteiger partial charge on any atom is 0.416 e. The Morgan fingerprint density at radius 1 is 1.21 bits per heavy atom. The lowest BCUT2D eigenvalue weighted by atomic mass is 9.94. The zero-order valence-electron chi connectivity index (χ0n) is 18.0. The van der Waals surface area contributed by atoms with Crippen LogP contribution >= 0.6 is 0 Å². The molecule has 2 unspecified atom stereocenters. The largest absolute Gasteiger partial charge is 0.416 e. The van der Waals surface area contributed by atoms with E-state index in [1.807, 2.05) is 6.92 Å².